The van der Waals surface area contributed by atoms with Gasteiger partial charge in [0.05, 0.1) is 5.92 Å². The minimum Gasteiger partial charge on any atom is -0.338 e. The van der Waals surface area contributed by atoms with Gasteiger partial charge in [-0.1, -0.05) is 12.1 Å². The predicted octanol–water partition coefficient (Wildman–Crippen LogP) is 3.31. The Morgan fingerprint density at radius 2 is 1.80 bits per heavy atom. The average molecular weight is 406 g/mol. The van der Waals surface area contributed by atoms with Gasteiger partial charge in [-0.2, -0.15) is 0 Å². The van der Waals surface area contributed by atoms with E-state index in [0.717, 1.165) is 24.9 Å². The molecule has 0 radical (unpaired) electrons. The average Bonchev–Trinajstić information content (AvgIpc) is 3.34. The number of hydrogen-bond donors (Lipinski definition) is 3. The van der Waals surface area contributed by atoms with Crippen molar-refractivity contribution < 1.29 is 14.4 Å². The third-order valence-electron chi connectivity index (χ3n) is 5.61. The van der Waals surface area contributed by atoms with Crippen LogP contribution in [-0.4, -0.2) is 30.9 Å². The molecule has 0 spiro atoms. The second kappa shape index (κ2) is 8.57. The van der Waals surface area contributed by atoms with Gasteiger partial charge in [-0.3, -0.25) is 9.59 Å². The van der Waals surface area contributed by atoms with Gasteiger partial charge in [0.15, 0.2) is 0 Å². The topological polar surface area (TPSA) is 90.5 Å². The molecule has 1 heterocycles. The largest absolute Gasteiger partial charge is 0.338 e. The molecule has 30 heavy (non-hydrogen) atoms. The zero-order chi connectivity index (χ0) is 21.1. The van der Waals surface area contributed by atoms with Crippen molar-refractivity contribution in [2.45, 2.75) is 32.6 Å². The highest BCUT2D eigenvalue weighted by Gasteiger charge is 2.35. The predicted molar refractivity (Wildman–Crippen MR) is 117 cm³/mol. The second-order valence-corrected chi connectivity index (χ2v) is 7.77. The molecular weight excluding hydrogens is 380 g/mol. The number of carbonyl (C=O) groups is 3. The Hall–Kier alpha value is -3.35. The maximum Gasteiger partial charge on any atom is 0.319 e. The number of nitrogens with zero attached hydrogens (tertiary/aromatic N) is 1. The maximum atomic E-state index is 12.8. The number of urea groups is 1. The van der Waals surface area contributed by atoms with Crippen molar-refractivity contribution in [3.63, 3.8) is 0 Å². The van der Waals surface area contributed by atoms with Gasteiger partial charge in [0, 0.05) is 36.6 Å². The molecule has 1 unspecified atom stereocenters. The number of rotatable bonds is 5. The first-order valence-electron chi connectivity index (χ1n) is 10.4. The molecule has 1 aliphatic heterocycles. The highest BCUT2D eigenvalue weighted by Crippen LogP contribution is 2.31. The molecule has 1 saturated heterocycles. The molecular formula is C23H26N4O3. The molecule has 0 bridgehead atoms. The molecule has 0 aromatic heterocycles. The van der Waals surface area contributed by atoms with Gasteiger partial charge in [0.1, 0.15) is 0 Å². The standard InChI is InChI=1S/C23H26N4O3/c1-2-24-23(30)26-19-8-4-7-18(13-19)25-22(29)17-12-21(28)27(14-17)20-10-9-15-5-3-6-16(15)11-20/h4,7-11,13,17H,2-3,5-6,12,14H2,1H3,(H,25,29)(H2,24,26,30). The summed E-state index contributed by atoms with van der Waals surface area (Å²) in [5, 5.41) is 8.25. The van der Waals surface area contributed by atoms with Crippen molar-refractivity contribution in [2.24, 2.45) is 5.92 Å². The van der Waals surface area contributed by atoms with Crippen molar-refractivity contribution in [3.8, 4) is 0 Å². The van der Waals surface area contributed by atoms with E-state index >= 15 is 0 Å². The lowest BCUT2D eigenvalue weighted by Crippen LogP contribution is -2.29. The Morgan fingerprint density at radius 3 is 2.60 bits per heavy atom. The van der Waals surface area contributed by atoms with Crippen LogP contribution in [-0.2, 0) is 22.4 Å². The van der Waals surface area contributed by atoms with E-state index in [1.165, 1.54) is 11.1 Å². The van der Waals surface area contributed by atoms with Crippen LogP contribution >= 0.6 is 0 Å². The van der Waals surface area contributed by atoms with Gasteiger partial charge >= 0.3 is 6.03 Å². The van der Waals surface area contributed by atoms with Crippen LogP contribution in [0.3, 0.4) is 0 Å². The van der Waals surface area contributed by atoms with Gasteiger partial charge in [-0.25, -0.2) is 4.79 Å². The number of amides is 4. The fourth-order valence-electron chi connectivity index (χ4n) is 4.11. The molecule has 4 rings (SSSR count). The summed E-state index contributed by atoms with van der Waals surface area (Å²) in [6.45, 7) is 2.74. The van der Waals surface area contributed by atoms with Gasteiger partial charge in [-0.05, 0) is 67.6 Å². The monoisotopic (exact) mass is 406 g/mol. The smallest absolute Gasteiger partial charge is 0.319 e. The van der Waals surface area contributed by atoms with Crippen LogP contribution in [0.1, 0.15) is 30.9 Å². The Labute approximate surface area is 175 Å². The fraction of sp³-hybridized carbons (Fsp3) is 0.348. The molecule has 2 aromatic carbocycles. The summed E-state index contributed by atoms with van der Waals surface area (Å²) in [7, 11) is 0. The Bertz CT molecular complexity index is 988. The van der Waals surface area contributed by atoms with Crippen LogP contribution in [0.15, 0.2) is 42.5 Å². The van der Waals surface area contributed by atoms with Crippen molar-refractivity contribution in [2.75, 3.05) is 28.6 Å². The molecule has 156 valence electrons. The van der Waals surface area contributed by atoms with Crippen LogP contribution < -0.4 is 20.9 Å². The number of nitrogens with one attached hydrogen (secondary N) is 3. The van der Waals surface area contributed by atoms with Gasteiger partial charge in [0.25, 0.3) is 0 Å². The zero-order valence-electron chi connectivity index (χ0n) is 17.0. The molecule has 2 aliphatic rings. The highest BCUT2D eigenvalue weighted by molar-refractivity contribution is 6.03. The number of aryl methyl sites for hydroxylation is 2. The molecule has 1 atom stereocenters. The summed E-state index contributed by atoms with van der Waals surface area (Å²) in [6, 6.07) is 12.8. The summed E-state index contributed by atoms with van der Waals surface area (Å²) >= 11 is 0. The van der Waals surface area contributed by atoms with Crippen molar-refractivity contribution in [1.82, 2.24) is 5.32 Å². The molecule has 1 fully saturated rings. The van der Waals surface area contributed by atoms with Gasteiger partial charge < -0.3 is 20.9 Å². The molecule has 4 amide bonds. The minimum absolute atomic E-state index is 0.0280. The van der Waals surface area contributed by atoms with E-state index in [-0.39, 0.29) is 24.3 Å². The van der Waals surface area contributed by atoms with E-state index in [1.807, 2.05) is 13.0 Å². The van der Waals surface area contributed by atoms with E-state index in [0.29, 0.717) is 24.5 Å². The summed E-state index contributed by atoms with van der Waals surface area (Å²) in [4.78, 5) is 38.7. The summed E-state index contributed by atoms with van der Waals surface area (Å²) in [5.74, 6) is -0.632. The Balaban J connectivity index is 1.40. The van der Waals surface area contributed by atoms with E-state index in [1.54, 1.807) is 29.2 Å². The number of benzene rings is 2. The first-order chi connectivity index (χ1) is 14.5. The van der Waals surface area contributed by atoms with Crippen LogP contribution in [0.5, 0.6) is 0 Å². The number of fused-ring (bicyclic) bond motifs is 1. The molecule has 7 heteroatoms. The van der Waals surface area contributed by atoms with Crippen molar-refractivity contribution in [1.29, 1.82) is 0 Å². The highest BCUT2D eigenvalue weighted by atomic mass is 16.2. The summed E-state index contributed by atoms with van der Waals surface area (Å²) < 4.78 is 0. The number of hydrogen-bond acceptors (Lipinski definition) is 3. The van der Waals surface area contributed by atoms with Crippen LogP contribution in [0.4, 0.5) is 21.9 Å². The minimum atomic E-state index is -0.411. The quantitative estimate of drug-likeness (QED) is 0.712. The third-order valence-corrected chi connectivity index (χ3v) is 5.61. The maximum absolute atomic E-state index is 12.8. The SMILES string of the molecule is CCNC(=O)Nc1cccc(NC(=O)C2CC(=O)N(c3ccc4c(c3)CCC4)C2)c1. The summed E-state index contributed by atoms with van der Waals surface area (Å²) in [5.41, 5.74) is 4.72. The Kier molecular flexibility index (Phi) is 5.70. The fourth-order valence-corrected chi connectivity index (χ4v) is 4.11. The molecule has 1 aliphatic carbocycles. The Morgan fingerprint density at radius 1 is 1.03 bits per heavy atom. The normalized spacial score (nSPS) is 17.6. The molecule has 3 N–H and O–H groups in total. The lowest BCUT2D eigenvalue weighted by atomic mass is 10.1. The van der Waals surface area contributed by atoms with E-state index in [4.69, 9.17) is 0 Å². The number of carbonyl (C=O) groups excluding carboxylic acids is 3. The van der Waals surface area contributed by atoms with Crippen molar-refractivity contribution >= 4 is 34.9 Å². The van der Waals surface area contributed by atoms with Crippen LogP contribution in [0.25, 0.3) is 0 Å². The molecule has 0 saturated carbocycles. The van der Waals surface area contributed by atoms with Gasteiger partial charge in [0.2, 0.25) is 11.8 Å². The van der Waals surface area contributed by atoms with Gasteiger partial charge in [-0.15, -0.1) is 0 Å². The molecule has 2 aromatic rings. The summed E-state index contributed by atoms with van der Waals surface area (Å²) in [6.07, 6.45) is 3.50. The first-order valence-corrected chi connectivity index (χ1v) is 10.4. The van der Waals surface area contributed by atoms with E-state index < -0.39 is 5.92 Å². The van der Waals surface area contributed by atoms with E-state index in [2.05, 4.69) is 28.1 Å². The first kappa shape index (κ1) is 19.9. The second-order valence-electron chi connectivity index (χ2n) is 7.77. The van der Waals surface area contributed by atoms with E-state index in [9.17, 15) is 14.4 Å². The third kappa shape index (κ3) is 4.30. The van der Waals surface area contributed by atoms with Crippen LogP contribution in [0.2, 0.25) is 0 Å². The lowest BCUT2D eigenvalue weighted by Gasteiger charge is -2.18. The molecule has 7 nitrogen and oxygen atoms in total. The lowest BCUT2D eigenvalue weighted by molar-refractivity contribution is -0.122. The van der Waals surface area contributed by atoms with Crippen molar-refractivity contribution in [3.05, 3.63) is 53.6 Å². The number of anilines is 3. The zero-order valence-corrected chi connectivity index (χ0v) is 17.0. The van der Waals surface area contributed by atoms with Crippen LogP contribution in [0, 0.1) is 5.92 Å².